The molecule has 0 radical (unpaired) electrons. The van der Waals surface area contributed by atoms with Crippen LogP contribution in [0.15, 0.2) is 59.8 Å². The minimum Gasteiger partial charge on any atom is -0.497 e. The van der Waals surface area contributed by atoms with Crippen molar-refractivity contribution in [3.63, 3.8) is 0 Å². The number of nitrogens with one attached hydrogen (secondary N) is 2. The zero-order chi connectivity index (χ0) is 18.8. The summed E-state index contributed by atoms with van der Waals surface area (Å²) in [6.45, 7) is 2.73. The number of hydrazone groups is 1. The molecule has 2 heterocycles. The lowest BCUT2D eigenvalue weighted by Gasteiger charge is -2.18. The van der Waals surface area contributed by atoms with E-state index in [0.717, 1.165) is 32.1 Å². The predicted octanol–water partition coefficient (Wildman–Crippen LogP) is 2.98. The Hall–Kier alpha value is -2.59. The first kappa shape index (κ1) is 17.8. The molecule has 1 aliphatic heterocycles. The van der Waals surface area contributed by atoms with E-state index in [4.69, 9.17) is 4.74 Å². The van der Waals surface area contributed by atoms with Gasteiger partial charge in [-0.15, -0.1) is 10.6 Å². The molecule has 0 aliphatic carbocycles. The van der Waals surface area contributed by atoms with Gasteiger partial charge in [-0.05, 0) is 59.3 Å². The maximum Gasteiger partial charge on any atom is 0.177 e. The van der Waals surface area contributed by atoms with E-state index in [2.05, 4.69) is 75.0 Å². The highest BCUT2D eigenvalue weighted by molar-refractivity contribution is 14.1. The Morgan fingerprint density at radius 3 is 2.52 bits per heavy atom. The van der Waals surface area contributed by atoms with E-state index in [1.54, 1.807) is 7.11 Å². The topological polar surface area (TPSA) is 66.7 Å². The van der Waals surface area contributed by atoms with E-state index in [1.165, 1.54) is 5.56 Å². The van der Waals surface area contributed by atoms with Crippen LogP contribution in [0.25, 0.3) is 5.69 Å². The zero-order valence-electron chi connectivity index (χ0n) is 15.0. The van der Waals surface area contributed by atoms with Crippen LogP contribution in [0.1, 0.15) is 16.7 Å². The lowest BCUT2D eigenvalue weighted by atomic mass is 10.2. The Labute approximate surface area is 171 Å². The third-order valence-electron chi connectivity index (χ3n) is 4.33. The van der Waals surface area contributed by atoms with Gasteiger partial charge in [-0.1, -0.05) is 29.8 Å². The SMILES string of the molecule is COc1ccc(CN2NNN=C2c2cnn(-c3ccc(C)cc3)c2I)cc1. The van der Waals surface area contributed by atoms with Gasteiger partial charge < -0.3 is 4.74 Å². The van der Waals surface area contributed by atoms with E-state index in [9.17, 15) is 0 Å². The largest absolute Gasteiger partial charge is 0.497 e. The molecule has 0 atom stereocenters. The zero-order valence-corrected chi connectivity index (χ0v) is 17.1. The molecule has 8 heteroatoms. The Balaban J connectivity index is 1.57. The van der Waals surface area contributed by atoms with Crippen LogP contribution in [0.2, 0.25) is 0 Å². The number of rotatable bonds is 5. The molecular weight excluding hydrogens is 455 g/mol. The summed E-state index contributed by atoms with van der Waals surface area (Å²) < 4.78 is 8.14. The van der Waals surface area contributed by atoms with Crippen LogP contribution in [0.3, 0.4) is 0 Å². The van der Waals surface area contributed by atoms with Gasteiger partial charge in [0.05, 0.1) is 31.1 Å². The minimum absolute atomic E-state index is 0.654. The fourth-order valence-corrected chi connectivity index (χ4v) is 3.62. The van der Waals surface area contributed by atoms with Gasteiger partial charge in [0.1, 0.15) is 9.45 Å². The molecule has 3 aromatic rings. The summed E-state index contributed by atoms with van der Waals surface area (Å²) in [6.07, 6.45) is 1.84. The van der Waals surface area contributed by atoms with Crippen molar-refractivity contribution in [3.05, 3.63) is 75.1 Å². The number of methoxy groups -OCH3 is 1. The number of ether oxygens (including phenoxy) is 1. The molecule has 0 amide bonds. The van der Waals surface area contributed by atoms with Gasteiger partial charge in [0.15, 0.2) is 5.84 Å². The van der Waals surface area contributed by atoms with Crippen LogP contribution in [0.5, 0.6) is 5.75 Å². The van der Waals surface area contributed by atoms with Crippen LogP contribution < -0.4 is 15.8 Å². The summed E-state index contributed by atoms with van der Waals surface area (Å²) in [6, 6.07) is 16.3. The first-order chi connectivity index (χ1) is 13.2. The summed E-state index contributed by atoms with van der Waals surface area (Å²) in [5.41, 5.74) is 10.3. The smallest absolute Gasteiger partial charge is 0.177 e. The third-order valence-corrected chi connectivity index (χ3v) is 5.37. The summed E-state index contributed by atoms with van der Waals surface area (Å²) in [7, 11) is 1.67. The van der Waals surface area contributed by atoms with Crippen molar-refractivity contribution in [2.75, 3.05) is 7.11 Å². The second kappa shape index (κ2) is 7.57. The van der Waals surface area contributed by atoms with E-state index < -0.39 is 0 Å². The molecule has 0 spiro atoms. The maximum atomic E-state index is 5.22. The summed E-state index contributed by atoms with van der Waals surface area (Å²) in [5.74, 6) is 1.64. The molecule has 2 N–H and O–H groups in total. The van der Waals surface area contributed by atoms with E-state index in [-0.39, 0.29) is 0 Å². The molecule has 0 bridgehead atoms. The Kier molecular flexibility index (Phi) is 4.99. The second-order valence-electron chi connectivity index (χ2n) is 6.19. The molecule has 4 rings (SSSR count). The lowest BCUT2D eigenvalue weighted by molar-refractivity contribution is 0.288. The summed E-state index contributed by atoms with van der Waals surface area (Å²) in [5, 5.41) is 10.9. The van der Waals surface area contributed by atoms with Crippen molar-refractivity contribution in [3.8, 4) is 11.4 Å². The number of benzene rings is 2. The fourth-order valence-electron chi connectivity index (χ4n) is 2.83. The van der Waals surface area contributed by atoms with Crippen molar-refractivity contribution in [2.45, 2.75) is 13.5 Å². The quantitative estimate of drug-likeness (QED) is 0.557. The van der Waals surface area contributed by atoms with Gasteiger partial charge in [0.2, 0.25) is 0 Å². The van der Waals surface area contributed by atoms with Gasteiger partial charge in [-0.3, -0.25) is 5.01 Å². The number of amidine groups is 1. The number of hydrogen-bond acceptors (Lipinski definition) is 6. The molecule has 0 saturated carbocycles. The highest BCUT2D eigenvalue weighted by Gasteiger charge is 2.24. The molecule has 1 aromatic heterocycles. The molecule has 138 valence electrons. The molecule has 27 heavy (non-hydrogen) atoms. The molecule has 1 aliphatic rings. The van der Waals surface area contributed by atoms with E-state index in [1.807, 2.05) is 40.2 Å². The lowest BCUT2D eigenvalue weighted by Crippen LogP contribution is -2.40. The van der Waals surface area contributed by atoms with Crippen LogP contribution in [-0.2, 0) is 6.54 Å². The number of nitrogens with zero attached hydrogens (tertiary/aromatic N) is 4. The predicted molar refractivity (Wildman–Crippen MR) is 112 cm³/mol. The molecular formula is C19H19IN6O. The van der Waals surface area contributed by atoms with Crippen LogP contribution in [0, 0.1) is 10.6 Å². The second-order valence-corrected chi connectivity index (χ2v) is 7.21. The maximum absolute atomic E-state index is 5.22. The van der Waals surface area contributed by atoms with Crippen molar-refractivity contribution >= 4 is 28.4 Å². The number of hydrazine groups is 2. The van der Waals surface area contributed by atoms with Gasteiger partial charge in [-0.2, -0.15) is 5.10 Å². The Bertz CT molecular complexity index is 965. The minimum atomic E-state index is 0.654. The highest BCUT2D eigenvalue weighted by atomic mass is 127. The van der Waals surface area contributed by atoms with Gasteiger partial charge in [0, 0.05) is 0 Å². The normalized spacial score (nSPS) is 13.4. The first-order valence-electron chi connectivity index (χ1n) is 8.45. The van der Waals surface area contributed by atoms with Gasteiger partial charge in [-0.25, -0.2) is 10.2 Å². The number of aromatic nitrogens is 2. The first-order valence-corrected chi connectivity index (χ1v) is 9.53. The van der Waals surface area contributed by atoms with Crippen LogP contribution in [-0.4, -0.2) is 27.7 Å². The third kappa shape index (κ3) is 3.62. The Morgan fingerprint density at radius 2 is 1.81 bits per heavy atom. The van der Waals surface area contributed by atoms with Gasteiger partial charge in [0.25, 0.3) is 0 Å². The summed E-state index contributed by atoms with van der Waals surface area (Å²) >= 11 is 2.31. The van der Waals surface area contributed by atoms with Crippen molar-refractivity contribution in [2.24, 2.45) is 5.10 Å². The van der Waals surface area contributed by atoms with Crippen LogP contribution in [0.4, 0.5) is 0 Å². The monoisotopic (exact) mass is 474 g/mol. The Morgan fingerprint density at radius 1 is 1.07 bits per heavy atom. The van der Waals surface area contributed by atoms with Crippen LogP contribution >= 0.6 is 22.6 Å². The molecule has 2 aromatic carbocycles. The number of aryl methyl sites for hydroxylation is 1. The number of halogens is 1. The average molecular weight is 474 g/mol. The van der Waals surface area contributed by atoms with Crippen molar-refractivity contribution < 1.29 is 4.74 Å². The molecule has 0 saturated heterocycles. The summed E-state index contributed by atoms with van der Waals surface area (Å²) in [4.78, 5) is 0. The standard InChI is InChI=1S/C19H19IN6O/c1-13-3-7-15(8-4-13)26-18(20)17(11-21-26)19-22-23-24-25(19)12-14-5-9-16(27-2)10-6-14/h3-11,23-24H,12H2,1-2H3. The van der Waals surface area contributed by atoms with E-state index >= 15 is 0 Å². The van der Waals surface area contributed by atoms with E-state index in [0.29, 0.717) is 6.54 Å². The molecule has 7 nitrogen and oxygen atoms in total. The number of hydrogen-bond donors (Lipinski definition) is 2. The highest BCUT2D eigenvalue weighted by Crippen LogP contribution is 2.21. The average Bonchev–Trinajstić information content (AvgIpc) is 3.29. The van der Waals surface area contributed by atoms with Crippen molar-refractivity contribution in [1.82, 2.24) is 25.9 Å². The van der Waals surface area contributed by atoms with Crippen molar-refractivity contribution in [1.29, 1.82) is 0 Å². The molecule has 0 fully saturated rings. The van der Waals surface area contributed by atoms with Gasteiger partial charge >= 0.3 is 0 Å². The fraction of sp³-hybridized carbons (Fsp3) is 0.158. The molecule has 0 unspecified atom stereocenters.